The Labute approximate surface area is 90.1 Å². The van der Waals surface area contributed by atoms with Gasteiger partial charge in [0.05, 0.1) is 6.61 Å². The molecule has 0 aliphatic heterocycles. The molecule has 1 aliphatic rings. The highest BCUT2D eigenvalue weighted by molar-refractivity contribution is 5.25. The molecule has 1 saturated carbocycles. The molecule has 0 unspecified atom stereocenters. The highest BCUT2D eigenvalue weighted by Crippen LogP contribution is 2.29. The second-order valence-corrected chi connectivity index (χ2v) is 3.90. The van der Waals surface area contributed by atoms with Gasteiger partial charge in [-0.25, -0.2) is 4.98 Å². The van der Waals surface area contributed by atoms with E-state index in [9.17, 15) is 0 Å². The minimum absolute atomic E-state index is 0.608. The van der Waals surface area contributed by atoms with Gasteiger partial charge in [-0.15, -0.1) is 0 Å². The second-order valence-electron chi connectivity index (χ2n) is 3.90. The predicted molar refractivity (Wildman–Crippen MR) is 59.0 cm³/mol. The summed E-state index contributed by atoms with van der Waals surface area (Å²) < 4.78 is 5.56. The molecule has 0 aromatic carbocycles. The molecule has 0 amide bonds. The first kappa shape index (κ1) is 10.2. The Balaban J connectivity index is 1.76. The van der Waals surface area contributed by atoms with Crippen molar-refractivity contribution in [3.05, 3.63) is 12.3 Å². The molecule has 0 bridgehead atoms. The summed E-state index contributed by atoms with van der Waals surface area (Å²) in [6.07, 6.45) is 6.99. The molecule has 1 aromatic rings. The molecule has 15 heavy (non-hydrogen) atoms. The van der Waals surface area contributed by atoms with E-state index in [2.05, 4.69) is 15.3 Å². The Morgan fingerprint density at radius 2 is 2.40 bits per heavy atom. The predicted octanol–water partition coefficient (Wildman–Crippen LogP) is 2.09. The van der Waals surface area contributed by atoms with Gasteiger partial charge < -0.3 is 10.1 Å². The zero-order valence-electron chi connectivity index (χ0n) is 9.07. The van der Waals surface area contributed by atoms with Crippen molar-refractivity contribution in [2.75, 3.05) is 19.0 Å². The van der Waals surface area contributed by atoms with Crippen molar-refractivity contribution in [3.8, 4) is 5.88 Å². The monoisotopic (exact) mass is 207 g/mol. The van der Waals surface area contributed by atoms with Gasteiger partial charge in [-0.3, -0.25) is 0 Å². The van der Waals surface area contributed by atoms with Crippen LogP contribution in [0.25, 0.3) is 0 Å². The third-order valence-corrected chi connectivity index (χ3v) is 2.85. The largest absolute Gasteiger partial charge is 0.478 e. The number of rotatable bonds is 5. The maximum atomic E-state index is 5.56. The zero-order chi connectivity index (χ0) is 10.5. The highest BCUT2D eigenvalue weighted by Gasteiger charge is 2.16. The molecule has 1 heterocycles. The molecule has 1 fully saturated rings. The first-order chi connectivity index (χ1) is 7.38. The average Bonchev–Trinajstić information content (AvgIpc) is 2.22. The molecule has 82 valence electrons. The minimum atomic E-state index is 0.608. The molecular formula is C11H17N3O. The number of hydrogen-bond donors (Lipinski definition) is 1. The lowest BCUT2D eigenvalue weighted by atomic mass is 9.83. The third-order valence-electron chi connectivity index (χ3n) is 2.85. The molecule has 4 nitrogen and oxygen atoms in total. The number of nitrogens with zero attached hydrogens (tertiary/aromatic N) is 2. The van der Waals surface area contributed by atoms with Crippen molar-refractivity contribution in [2.24, 2.45) is 5.92 Å². The van der Waals surface area contributed by atoms with E-state index in [0.29, 0.717) is 11.8 Å². The summed E-state index contributed by atoms with van der Waals surface area (Å²) in [5.74, 6) is 2.15. The summed E-state index contributed by atoms with van der Waals surface area (Å²) in [5, 5.41) is 2.89. The topological polar surface area (TPSA) is 47.0 Å². The van der Waals surface area contributed by atoms with Crippen LogP contribution in [0.15, 0.2) is 12.3 Å². The number of anilines is 1. The fourth-order valence-corrected chi connectivity index (χ4v) is 1.65. The first-order valence-electron chi connectivity index (χ1n) is 5.52. The molecule has 0 saturated heterocycles. The number of nitrogens with one attached hydrogen (secondary N) is 1. The van der Waals surface area contributed by atoms with Gasteiger partial charge in [-0.1, -0.05) is 19.3 Å². The zero-order valence-corrected chi connectivity index (χ0v) is 9.07. The summed E-state index contributed by atoms with van der Waals surface area (Å²) in [6, 6.07) is 1.79. The highest BCUT2D eigenvalue weighted by atomic mass is 16.5. The fourth-order valence-electron chi connectivity index (χ4n) is 1.65. The molecule has 2 rings (SSSR count). The lowest BCUT2D eigenvalue weighted by Gasteiger charge is -2.24. The van der Waals surface area contributed by atoms with Crippen molar-refractivity contribution in [3.63, 3.8) is 0 Å². The van der Waals surface area contributed by atoms with Gasteiger partial charge in [0.25, 0.3) is 0 Å². The van der Waals surface area contributed by atoms with Crippen LogP contribution < -0.4 is 10.1 Å². The van der Waals surface area contributed by atoms with Gasteiger partial charge in [-0.2, -0.15) is 4.98 Å². The van der Waals surface area contributed by atoms with Gasteiger partial charge in [0.1, 0.15) is 0 Å². The maximum Gasteiger partial charge on any atom is 0.225 e. The Hall–Kier alpha value is -1.32. The van der Waals surface area contributed by atoms with Crippen LogP contribution >= 0.6 is 0 Å². The van der Waals surface area contributed by atoms with E-state index in [1.165, 1.54) is 19.3 Å². The first-order valence-corrected chi connectivity index (χ1v) is 5.52. The van der Waals surface area contributed by atoms with Crippen molar-refractivity contribution < 1.29 is 4.74 Å². The van der Waals surface area contributed by atoms with Crippen LogP contribution in [-0.2, 0) is 0 Å². The van der Waals surface area contributed by atoms with E-state index in [4.69, 9.17) is 4.74 Å². The number of aromatic nitrogens is 2. The van der Waals surface area contributed by atoms with E-state index < -0.39 is 0 Å². The van der Waals surface area contributed by atoms with E-state index >= 15 is 0 Å². The molecule has 0 atom stereocenters. The maximum absolute atomic E-state index is 5.56. The number of ether oxygens (including phenoxy) is 1. The van der Waals surface area contributed by atoms with Crippen molar-refractivity contribution >= 4 is 5.95 Å². The Bertz CT molecular complexity index is 312. The van der Waals surface area contributed by atoms with Crippen LogP contribution in [-0.4, -0.2) is 23.6 Å². The van der Waals surface area contributed by atoms with Crippen LogP contribution in [0.5, 0.6) is 5.88 Å². The van der Waals surface area contributed by atoms with Gasteiger partial charge in [-0.05, 0) is 12.3 Å². The summed E-state index contributed by atoms with van der Waals surface area (Å²) in [4.78, 5) is 8.21. The van der Waals surface area contributed by atoms with Gasteiger partial charge in [0.15, 0.2) is 0 Å². The molecule has 1 aliphatic carbocycles. The molecular weight excluding hydrogens is 190 g/mol. The van der Waals surface area contributed by atoms with Crippen molar-refractivity contribution in [2.45, 2.75) is 25.7 Å². The number of hydrogen-bond acceptors (Lipinski definition) is 4. The quantitative estimate of drug-likeness (QED) is 0.803. The van der Waals surface area contributed by atoms with Crippen LogP contribution in [0.2, 0.25) is 0 Å². The van der Waals surface area contributed by atoms with E-state index in [0.717, 1.165) is 18.9 Å². The van der Waals surface area contributed by atoms with Gasteiger partial charge in [0.2, 0.25) is 11.8 Å². The van der Waals surface area contributed by atoms with Crippen LogP contribution in [0.4, 0.5) is 5.95 Å². The summed E-state index contributed by atoms with van der Waals surface area (Å²) in [7, 11) is 1.80. The van der Waals surface area contributed by atoms with Crippen LogP contribution in [0.3, 0.4) is 0 Å². The normalized spacial score (nSPS) is 15.8. The van der Waals surface area contributed by atoms with E-state index in [1.807, 2.05) is 0 Å². The van der Waals surface area contributed by atoms with Crippen LogP contribution in [0, 0.1) is 5.92 Å². The third kappa shape index (κ3) is 2.81. The Kier molecular flexibility index (Phi) is 3.37. The van der Waals surface area contributed by atoms with Gasteiger partial charge >= 0.3 is 0 Å². The molecule has 0 spiro atoms. The lowest BCUT2D eigenvalue weighted by molar-refractivity contribution is 0.217. The van der Waals surface area contributed by atoms with Gasteiger partial charge in [0, 0.05) is 19.3 Å². The van der Waals surface area contributed by atoms with Crippen molar-refractivity contribution in [1.82, 2.24) is 9.97 Å². The molecule has 1 N–H and O–H groups in total. The Morgan fingerprint density at radius 3 is 3.07 bits per heavy atom. The summed E-state index contributed by atoms with van der Waals surface area (Å²) in [6.45, 7) is 0.769. The average molecular weight is 207 g/mol. The fraction of sp³-hybridized carbons (Fsp3) is 0.636. The second kappa shape index (κ2) is 4.96. The van der Waals surface area contributed by atoms with Crippen molar-refractivity contribution in [1.29, 1.82) is 0 Å². The van der Waals surface area contributed by atoms with E-state index in [-0.39, 0.29) is 0 Å². The minimum Gasteiger partial charge on any atom is -0.478 e. The van der Waals surface area contributed by atoms with E-state index in [1.54, 1.807) is 19.3 Å². The molecule has 1 aromatic heterocycles. The summed E-state index contributed by atoms with van der Waals surface area (Å²) >= 11 is 0. The molecule has 4 heteroatoms. The van der Waals surface area contributed by atoms with Crippen LogP contribution in [0.1, 0.15) is 25.7 Å². The standard InChI is InChI=1S/C11H17N3O/c1-12-11-13-7-5-10(14-11)15-8-6-9-3-2-4-9/h5,7,9H,2-4,6,8H2,1H3,(H,12,13,14). The smallest absolute Gasteiger partial charge is 0.225 e. The lowest BCUT2D eigenvalue weighted by Crippen LogP contribution is -2.14. The SMILES string of the molecule is CNc1nccc(OCCC2CCC2)n1. The molecule has 0 radical (unpaired) electrons. The Morgan fingerprint density at radius 1 is 1.53 bits per heavy atom. The summed E-state index contributed by atoms with van der Waals surface area (Å²) in [5.41, 5.74) is 0.